The van der Waals surface area contributed by atoms with Crippen LogP contribution in [0, 0.1) is 0 Å². The van der Waals surface area contributed by atoms with Gasteiger partial charge in [0.1, 0.15) is 0 Å². The van der Waals surface area contributed by atoms with Crippen LogP contribution in [-0.2, 0) is 30.7 Å². The average Bonchev–Trinajstić information content (AvgIpc) is 2.91. The Morgan fingerprint density at radius 3 is 2.37 bits per heavy atom. The Hall–Kier alpha value is -4.17. The summed E-state index contributed by atoms with van der Waals surface area (Å²) in [6.45, 7) is 8.49. The number of carbonyl (C=O) groups excluding carboxylic acids is 1. The Balaban J connectivity index is 1.72. The first kappa shape index (κ1) is 26.9. The molecule has 2 aromatic carbocycles. The Bertz CT molecular complexity index is 1390. The normalized spacial score (nSPS) is 10.9. The highest BCUT2D eigenvalue weighted by Gasteiger charge is 2.17. The molecule has 0 atom stereocenters. The van der Waals surface area contributed by atoms with Gasteiger partial charge in [0.15, 0.2) is 11.5 Å². The van der Waals surface area contributed by atoms with Gasteiger partial charge < -0.3 is 25.8 Å². The minimum atomic E-state index is -0.421. The molecule has 4 rings (SSSR count). The molecular weight excluding hydrogens is 478 g/mol. The number of nitrogens with two attached hydrogens (primary N) is 1. The van der Waals surface area contributed by atoms with Crippen LogP contribution in [0.15, 0.2) is 61.1 Å². The fourth-order valence-corrected chi connectivity index (χ4v) is 4.56. The first-order chi connectivity index (χ1) is 18.5. The van der Waals surface area contributed by atoms with Crippen molar-refractivity contribution in [3.8, 4) is 11.5 Å². The number of pyridine rings is 2. The quantitative estimate of drug-likeness (QED) is 0.229. The molecule has 0 saturated carbocycles. The number of rotatable bonds is 13. The Morgan fingerprint density at radius 1 is 0.947 bits per heavy atom. The monoisotopic (exact) mass is 513 g/mol. The van der Waals surface area contributed by atoms with Gasteiger partial charge in [0.25, 0.3) is 0 Å². The van der Waals surface area contributed by atoms with Gasteiger partial charge in [-0.25, -0.2) is 0 Å². The van der Waals surface area contributed by atoms with Gasteiger partial charge in [-0.2, -0.15) is 0 Å². The smallest absolute Gasteiger partial charge is 0.221 e. The van der Waals surface area contributed by atoms with Gasteiger partial charge >= 0.3 is 0 Å². The molecule has 2 aromatic heterocycles. The number of amides is 1. The maximum Gasteiger partial charge on any atom is 0.221 e. The van der Waals surface area contributed by atoms with Crippen molar-refractivity contribution < 1.29 is 14.3 Å². The highest BCUT2D eigenvalue weighted by Crippen LogP contribution is 2.38. The molecule has 0 fully saturated rings. The third-order valence-corrected chi connectivity index (χ3v) is 6.26. The minimum Gasteiger partial charge on any atom is -0.490 e. The summed E-state index contributed by atoms with van der Waals surface area (Å²) >= 11 is 0. The first-order valence-electron chi connectivity index (χ1n) is 13.0. The molecule has 0 radical (unpaired) electrons. The summed E-state index contributed by atoms with van der Waals surface area (Å²) < 4.78 is 11.7. The number of anilines is 2. The summed E-state index contributed by atoms with van der Waals surface area (Å²) in [5, 5.41) is 8.00. The fourth-order valence-electron chi connectivity index (χ4n) is 4.56. The van der Waals surface area contributed by atoms with Crippen LogP contribution in [0.1, 0.15) is 43.0 Å². The van der Waals surface area contributed by atoms with E-state index in [-0.39, 0.29) is 6.42 Å². The van der Waals surface area contributed by atoms with Gasteiger partial charge in [0.05, 0.1) is 30.8 Å². The van der Waals surface area contributed by atoms with E-state index in [1.807, 2.05) is 44.2 Å². The van der Waals surface area contributed by atoms with Crippen LogP contribution < -0.4 is 25.8 Å². The third-order valence-electron chi connectivity index (χ3n) is 6.26. The molecule has 4 N–H and O–H groups in total. The first-order valence-corrected chi connectivity index (χ1v) is 13.0. The number of hydrogen-bond donors (Lipinski definition) is 3. The lowest BCUT2D eigenvalue weighted by molar-refractivity contribution is -0.117. The van der Waals surface area contributed by atoms with Gasteiger partial charge in [-0.15, -0.1) is 0 Å². The highest BCUT2D eigenvalue weighted by molar-refractivity contribution is 5.98. The van der Waals surface area contributed by atoms with Crippen LogP contribution in [0.25, 0.3) is 10.9 Å². The van der Waals surface area contributed by atoms with E-state index >= 15 is 0 Å². The predicted molar refractivity (Wildman–Crippen MR) is 151 cm³/mol. The largest absolute Gasteiger partial charge is 0.490 e. The molecular formula is C30H35N5O3. The van der Waals surface area contributed by atoms with E-state index in [1.54, 1.807) is 18.6 Å². The zero-order valence-electron chi connectivity index (χ0n) is 22.2. The summed E-state index contributed by atoms with van der Waals surface area (Å²) in [7, 11) is 0. The van der Waals surface area contributed by atoms with E-state index in [1.165, 1.54) is 16.7 Å². The van der Waals surface area contributed by atoms with Gasteiger partial charge in [-0.05, 0) is 61.2 Å². The van der Waals surface area contributed by atoms with Crippen LogP contribution in [0.3, 0.4) is 0 Å². The molecule has 0 aliphatic carbocycles. The number of primary amides is 1. The lowest BCUT2D eigenvalue weighted by Gasteiger charge is -2.20. The summed E-state index contributed by atoms with van der Waals surface area (Å²) in [6, 6.07) is 14.1. The number of hydrogen-bond acceptors (Lipinski definition) is 7. The summed E-state index contributed by atoms with van der Waals surface area (Å²) in [4.78, 5) is 20.6. The third kappa shape index (κ3) is 6.39. The van der Waals surface area contributed by atoms with Crippen LogP contribution in [0.4, 0.5) is 11.4 Å². The lowest BCUT2D eigenvalue weighted by Crippen LogP contribution is -2.16. The second kappa shape index (κ2) is 12.9. The fraction of sp³-hybridized carbons (Fsp3) is 0.300. The summed E-state index contributed by atoms with van der Waals surface area (Å²) in [6.07, 6.45) is 6.21. The molecule has 0 spiro atoms. The van der Waals surface area contributed by atoms with Crippen LogP contribution in [0.5, 0.6) is 11.5 Å². The molecule has 8 nitrogen and oxygen atoms in total. The number of benzene rings is 2. The molecule has 2 heterocycles. The van der Waals surface area contributed by atoms with Crippen molar-refractivity contribution in [1.29, 1.82) is 0 Å². The average molecular weight is 514 g/mol. The van der Waals surface area contributed by atoms with E-state index in [9.17, 15) is 4.79 Å². The molecule has 198 valence electrons. The predicted octanol–water partition coefficient (Wildman–Crippen LogP) is 5.05. The number of carbonyl (C=O) groups is 1. The van der Waals surface area contributed by atoms with Crippen molar-refractivity contribution in [1.82, 2.24) is 15.3 Å². The molecule has 0 bridgehead atoms. The lowest BCUT2D eigenvalue weighted by atomic mass is 10.0. The van der Waals surface area contributed by atoms with Gasteiger partial charge in [0.2, 0.25) is 5.91 Å². The van der Waals surface area contributed by atoms with Gasteiger partial charge in [-0.1, -0.05) is 19.1 Å². The molecule has 0 unspecified atom stereocenters. The number of nitrogens with zero attached hydrogens (tertiary/aromatic N) is 2. The van der Waals surface area contributed by atoms with E-state index in [0.29, 0.717) is 24.7 Å². The number of fused-ring (bicyclic) bond motifs is 1. The van der Waals surface area contributed by atoms with E-state index < -0.39 is 5.91 Å². The van der Waals surface area contributed by atoms with Crippen molar-refractivity contribution in [2.45, 2.75) is 46.7 Å². The highest BCUT2D eigenvalue weighted by atomic mass is 16.5. The van der Waals surface area contributed by atoms with Gasteiger partial charge in [0, 0.05) is 54.4 Å². The Kier molecular flexibility index (Phi) is 9.11. The summed E-state index contributed by atoms with van der Waals surface area (Å²) in [5.41, 5.74) is 12.4. The maximum atomic E-state index is 11.9. The number of ether oxygens (including phenoxy) is 2. The van der Waals surface area contributed by atoms with Crippen molar-refractivity contribution >= 4 is 28.2 Å². The van der Waals surface area contributed by atoms with Crippen LogP contribution in [-0.4, -0.2) is 29.1 Å². The molecule has 4 aromatic rings. The number of nitrogens with one attached hydrogen (secondary N) is 2. The molecule has 0 aliphatic rings. The van der Waals surface area contributed by atoms with Crippen LogP contribution in [0.2, 0.25) is 0 Å². The van der Waals surface area contributed by atoms with E-state index in [2.05, 4.69) is 39.7 Å². The summed E-state index contributed by atoms with van der Waals surface area (Å²) in [5.74, 6) is 0.849. The molecule has 8 heteroatoms. The van der Waals surface area contributed by atoms with Crippen molar-refractivity contribution in [2.24, 2.45) is 5.73 Å². The van der Waals surface area contributed by atoms with Crippen molar-refractivity contribution in [3.63, 3.8) is 0 Å². The zero-order valence-corrected chi connectivity index (χ0v) is 22.2. The van der Waals surface area contributed by atoms with Crippen molar-refractivity contribution in [2.75, 3.05) is 18.5 Å². The minimum absolute atomic E-state index is 0.0666. The molecule has 1 amide bonds. The van der Waals surface area contributed by atoms with E-state index in [0.717, 1.165) is 47.4 Å². The van der Waals surface area contributed by atoms with Crippen molar-refractivity contribution in [3.05, 3.63) is 83.3 Å². The topological polar surface area (TPSA) is 111 Å². The Labute approximate surface area is 223 Å². The maximum absolute atomic E-state index is 11.9. The van der Waals surface area contributed by atoms with Crippen LogP contribution >= 0.6 is 0 Å². The number of aromatic nitrogens is 2. The second-order valence-corrected chi connectivity index (χ2v) is 8.86. The molecule has 0 aliphatic heterocycles. The van der Waals surface area contributed by atoms with Gasteiger partial charge in [-0.3, -0.25) is 14.8 Å². The molecule has 38 heavy (non-hydrogen) atoms. The molecule has 0 saturated heterocycles. The SMILES string of the molecule is CCOc1cc2ncc(CC(N)=O)c(Nc3cccc(CNCc4ccncc4)c3CC)c2cc1OCC. The Morgan fingerprint density at radius 2 is 1.68 bits per heavy atom. The second-order valence-electron chi connectivity index (χ2n) is 8.86. The zero-order chi connectivity index (χ0) is 26.9. The standard InChI is InChI=1S/C30H35N5O3/c1-4-23-21(18-33-17-20-10-12-32-13-11-20)8-7-9-25(23)35-30-22(14-29(31)36)19-34-26-16-28(38-6-3)27(37-5-2)15-24(26)30/h7-13,15-16,19,33H,4-6,14,17-18H2,1-3H3,(H2,31,36)(H,34,35). The van der Waals surface area contributed by atoms with E-state index in [4.69, 9.17) is 15.2 Å².